The minimum absolute atomic E-state index is 0.373. The van der Waals surface area contributed by atoms with Crippen molar-refractivity contribution >= 4 is 23.3 Å². The van der Waals surface area contributed by atoms with Crippen molar-refractivity contribution in [2.45, 2.75) is 20.0 Å². The summed E-state index contributed by atoms with van der Waals surface area (Å²) in [4.78, 5) is 11.5. The van der Waals surface area contributed by atoms with E-state index < -0.39 is 0 Å². The maximum atomic E-state index is 11.5. The number of esters is 1. The van der Waals surface area contributed by atoms with E-state index in [4.69, 9.17) is 16.3 Å². The standard InChI is InChI=1S/C15H17ClN2O2/c1-3-18-8-4-5-12(18)10-17-14-9-11(15(19)20-2)6-7-13(14)16/h4-9,17H,3,10H2,1-2H3. The number of methoxy groups -OCH3 is 1. The Balaban J connectivity index is 2.14. The molecule has 0 fully saturated rings. The number of aryl methyl sites for hydroxylation is 1. The van der Waals surface area contributed by atoms with Crippen LogP contribution in [-0.2, 0) is 17.8 Å². The normalized spacial score (nSPS) is 10.3. The number of nitrogens with one attached hydrogen (secondary N) is 1. The van der Waals surface area contributed by atoms with Crippen LogP contribution in [-0.4, -0.2) is 17.6 Å². The van der Waals surface area contributed by atoms with E-state index in [9.17, 15) is 4.79 Å². The minimum atomic E-state index is -0.373. The summed E-state index contributed by atoms with van der Waals surface area (Å²) in [6.07, 6.45) is 2.03. The molecule has 106 valence electrons. The minimum Gasteiger partial charge on any atom is -0.465 e. The van der Waals surface area contributed by atoms with Crippen molar-refractivity contribution < 1.29 is 9.53 Å². The molecule has 0 atom stereocenters. The molecule has 0 spiro atoms. The summed E-state index contributed by atoms with van der Waals surface area (Å²) < 4.78 is 6.85. The van der Waals surface area contributed by atoms with E-state index in [1.165, 1.54) is 7.11 Å². The molecule has 2 rings (SSSR count). The van der Waals surface area contributed by atoms with Crippen LogP contribution < -0.4 is 5.32 Å². The van der Waals surface area contributed by atoms with Gasteiger partial charge in [0.25, 0.3) is 0 Å². The van der Waals surface area contributed by atoms with Crippen LogP contribution >= 0.6 is 11.6 Å². The maximum Gasteiger partial charge on any atom is 0.337 e. The molecule has 4 nitrogen and oxygen atoms in total. The van der Waals surface area contributed by atoms with E-state index in [1.54, 1.807) is 18.2 Å². The van der Waals surface area contributed by atoms with Gasteiger partial charge in [-0.25, -0.2) is 4.79 Å². The number of nitrogens with zero attached hydrogens (tertiary/aromatic N) is 1. The van der Waals surface area contributed by atoms with E-state index in [0.29, 0.717) is 17.1 Å². The quantitative estimate of drug-likeness (QED) is 0.857. The third-order valence-corrected chi connectivity index (χ3v) is 3.44. The molecule has 0 aliphatic carbocycles. The monoisotopic (exact) mass is 292 g/mol. The van der Waals surface area contributed by atoms with Gasteiger partial charge in [0.1, 0.15) is 0 Å². The Morgan fingerprint density at radius 3 is 2.90 bits per heavy atom. The highest BCUT2D eigenvalue weighted by atomic mass is 35.5. The Bertz CT molecular complexity index is 608. The van der Waals surface area contributed by atoms with E-state index in [2.05, 4.69) is 22.9 Å². The molecule has 1 heterocycles. The topological polar surface area (TPSA) is 43.3 Å². The van der Waals surface area contributed by atoms with E-state index in [-0.39, 0.29) is 5.97 Å². The molecule has 0 bridgehead atoms. The van der Waals surface area contributed by atoms with E-state index >= 15 is 0 Å². The lowest BCUT2D eigenvalue weighted by Gasteiger charge is -2.11. The number of hydrogen-bond acceptors (Lipinski definition) is 3. The second-order valence-corrected chi connectivity index (χ2v) is 4.73. The van der Waals surface area contributed by atoms with Crippen LogP contribution in [0.5, 0.6) is 0 Å². The number of carbonyl (C=O) groups excluding carboxylic acids is 1. The summed E-state index contributed by atoms with van der Waals surface area (Å²) in [6.45, 7) is 3.65. The molecule has 20 heavy (non-hydrogen) atoms. The predicted molar refractivity (Wildman–Crippen MR) is 80.2 cm³/mol. The van der Waals surface area contributed by atoms with Gasteiger partial charge in [-0.15, -0.1) is 0 Å². The number of hydrogen-bond donors (Lipinski definition) is 1. The molecule has 0 radical (unpaired) electrons. The zero-order chi connectivity index (χ0) is 14.5. The average Bonchev–Trinajstić information content (AvgIpc) is 2.93. The van der Waals surface area contributed by atoms with Crippen molar-refractivity contribution in [3.63, 3.8) is 0 Å². The van der Waals surface area contributed by atoms with Crippen LogP contribution in [0, 0.1) is 0 Å². The van der Waals surface area contributed by atoms with Gasteiger partial charge in [-0.1, -0.05) is 11.6 Å². The van der Waals surface area contributed by atoms with Crippen molar-refractivity contribution in [1.29, 1.82) is 0 Å². The van der Waals surface area contributed by atoms with Gasteiger partial charge in [0.2, 0.25) is 0 Å². The number of halogens is 1. The zero-order valence-electron chi connectivity index (χ0n) is 11.5. The number of benzene rings is 1. The Kier molecular flexibility index (Phi) is 4.69. The molecule has 1 N–H and O–H groups in total. The first-order valence-corrected chi connectivity index (χ1v) is 6.79. The second kappa shape index (κ2) is 6.48. The summed E-state index contributed by atoms with van der Waals surface area (Å²) in [5.74, 6) is -0.373. The molecule has 2 aromatic rings. The van der Waals surface area contributed by atoms with Gasteiger partial charge in [-0.3, -0.25) is 0 Å². The van der Waals surface area contributed by atoms with Gasteiger partial charge in [0.05, 0.1) is 29.9 Å². The van der Waals surface area contributed by atoms with Crippen LogP contribution in [0.2, 0.25) is 5.02 Å². The summed E-state index contributed by atoms with van der Waals surface area (Å²) in [5.41, 5.74) is 2.36. The second-order valence-electron chi connectivity index (χ2n) is 4.33. The van der Waals surface area contributed by atoms with Crippen molar-refractivity contribution in [2.24, 2.45) is 0 Å². The maximum absolute atomic E-state index is 11.5. The highest BCUT2D eigenvalue weighted by Gasteiger charge is 2.09. The SMILES string of the molecule is CCn1cccc1CNc1cc(C(=O)OC)ccc1Cl. The van der Waals surface area contributed by atoms with Crippen molar-refractivity contribution in [1.82, 2.24) is 4.57 Å². The molecular weight excluding hydrogens is 276 g/mol. The molecule has 0 aliphatic rings. The molecule has 0 amide bonds. The number of carbonyl (C=O) groups is 1. The van der Waals surface area contributed by atoms with Crippen LogP contribution in [0.25, 0.3) is 0 Å². The Morgan fingerprint density at radius 2 is 2.20 bits per heavy atom. The Morgan fingerprint density at radius 1 is 1.40 bits per heavy atom. The van der Waals surface area contributed by atoms with Crippen molar-refractivity contribution in [2.75, 3.05) is 12.4 Å². The van der Waals surface area contributed by atoms with Crippen LogP contribution in [0.3, 0.4) is 0 Å². The summed E-state index contributed by atoms with van der Waals surface area (Å²) in [6, 6.07) is 9.10. The summed E-state index contributed by atoms with van der Waals surface area (Å²) in [5, 5.41) is 3.83. The fraction of sp³-hybridized carbons (Fsp3) is 0.267. The van der Waals surface area contributed by atoms with Crippen LogP contribution in [0.15, 0.2) is 36.5 Å². The van der Waals surface area contributed by atoms with Crippen molar-refractivity contribution in [3.8, 4) is 0 Å². The number of aromatic nitrogens is 1. The fourth-order valence-corrected chi connectivity index (χ4v) is 2.19. The smallest absolute Gasteiger partial charge is 0.337 e. The fourth-order valence-electron chi connectivity index (χ4n) is 2.01. The lowest BCUT2D eigenvalue weighted by atomic mass is 10.2. The zero-order valence-corrected chi connectivity index (χ0v) is 12.3. The molecule has 0 saturated heterocycles. The summed E-state index contributed by atoms with van der Waals surface area (Å²) >= 11 is 6.14. The van der Waals surface area contributed by atoms with Gasteiger partial charge in [0, 0.05) is 18.4 Å². The molecule has 1 aromatic carbocycles. The van der Waals surface area contributed by atoms with Crippen LogP contribution in [0.4, 0.5) is 5.69 Å². The summed E-state index contributed by atoms with van der Waals surface area (Å²) in [7, 11) is 1.36. The number of rotatable bonds is 5. The Labute approximate surface area is 123 Å². The van der Waals surface area contributed by atoms with Gasteiger partial charge in [0.15, 0.2) is 0 Å². The first kappa shape index (κ1) is 14.5. The Hall–Kier alpha value is -1.94. The van der Waals surface area contributed by atoms with Crippen molar-refractivity contribution in [3.05, 3.63) is 52.8 Å². The molecule has 5 heteroatoms. The molecule has 0 unspecified atom stereocenters. The lowest BCUT2D eigenvalue weighted by molar-refractivity contribution is 0.0601. The van der Waals surface area contributed by atoms with E-state index in [1.807, 2.05) is 12.3 Å². The third kappa shape index (κ3) is 3.14. The molecule has 1 aromatic heterocycles. The van der Waals surface area contributed by atoms with Gasteiger partial charge in [-0.05, 0) is 37.3 Å². The van der Waals surface area contributed by atoms with E-state index in [0.717, 1.165) is 17.9 Å². The van der Waals surface area contributed by atoms with Crippen LogP contribution in [0.1, 0.15) is 23.0 Å². The lowest BCUT2D eigenvalue weighted by Crippen LogP contribution is -2.07. The van der Waals surface area contributed by atoms with Gasteiger partial charge in [-0.2, -0.15) is 0 Å². The highest BCUT2D eigenvalue weighted by molar-refractivity contribution is 6.33. The average molecular weight is 293 g/mol. The molecule has 0 aliphatic heterocycles. The number of anilines is 1. The first-order valence-electron chi connectivity index (χ1n) is 6.41. The molecule has 0 saturated carbocycles. The van der Waals surface area contributed by atoms with Gasteiger partial charge >= 0.3 is 5.97 Å². The van der Waals surface area contributed by atoms with Gasteiger partial charge < -0.3 is 14.6 Å². The largest absolute Gasteiger partial charge is 0.465 e. The third-order valence-electron chi connectivity index (χ3n) is 3.11. The highest BCUT2D eigenvalue weighted by Crippen LogP contribution is 2.24. The predicted octanol–water partition coefficient (Wildman–Crippen LogP) is 3.56. The number of ether oxygens (including phenoxy) is 1. The molecular formula is C15H17ClN2O2. The first-order chi connectivity index (χ1) is 9.65.